The molecule has 142 valence electrons. The maximum Gasteiger partial charge on any atom is 0.416 e. The van der Waals surface area contributed by atoms with Gasteiger partial charge in [-0.15, -0.1) is 22.7 Å². The Morgan fingerprint density at radius 2 is 1.89 bits per heavy atom. The first-order chi connectivity index (χ1) is 12.8. The number of rotatable bonds is 5. The second-order valence-electron chi connectivity index (χ2n) is 5.82. The van der Waals surface area contributed by atoms with E-state index in [1.807, 2.05) is 13.8 Å². The first-order valence-corrected chi connectivity index (χ1v) is 9.84. The molecule has 1 N–H and O–H groups in total. The summed E-state index contributed by atoms with van der Waals surface area (Å²) in [6, 6.07) is 4.82. The van der Waals surface area contributed by atoms with Crippen molar-refractivity contribution in [1.82, 2.24) is 9.97 Å². The van der Waals surface area contributed by atoms with Gasteiger partial charge in [0.1, 0.15) is 5.01 Å². The van der Waals surface area contributed by atoms with E-state index in [9.17, 15) is 18.0 Å². The Hall–Kier alpha value is -2.26. The molecule has 0 bridgehead atoms. The molecule has 0 spiro atoms. The molecule has 1 aromatic carbocycles. The fraction of sp³-hybridized carbons (Fsp3) is 0.278. The number of carbonyl (C=O) groups is 1. The van der Waals surface area contributed by atoms with Crippen molar-refractivity contribution in [1.29, 1.82) is 0 Å². The number of hydrogen-bond donors (Lipinski definition) is 1. The summed E-state index contributed by atoms with van der Waals surface area (Å²) >= 11 is 2.72. The van der Waals surface area contributed by atoms with Crippen molar-refractivity contribution in [2.45, 2.75) is 32.9 Å². The number of nitrogens with one attached hydrogen (secondary N) is 1. The molecule has 0 atom stereocenters. The Balaban J connectivity index is 1.65. The van der Waals surface area contributed by atoms with Crippen LogP contribution in [0.1, 0.15) is 28.8 Å². The zero-order valence-corrected chi connectivity index (χ0v) is 16.2. The third-order valence-electron chi connectivity index (χ3n) is 3.83. The van der Waals surface area contributed by atoms with E-state index in [1.54, 1.807) is 5.38 Å². The van der Waals surface area contributed by atoms with Crippen LogP contribution in [-0.4, -0.2) is 15.9 Å². The van der Waals surface area contributed by atoms with Crippen LogP contribution in [0.5, 0.6) is 0 Å². The van der Waals surface area contributed by atoms with E-state index < -0.39 is 11.7 Å². The molecule has 0 aliphatic rings. The second-order valence-corrected chi connectivity index (χ2v) is 7.88. The van der Waals surface area contributed by atoms with Crippen LogP contribution in [0.2, 0.25) is 0 Å². The highest BCUT2D eigenvalue weighted by atomic mass is 32.1. The smallest absolute Gasteiger partial charge is 0.302 e. The average Bonchev–Trinajstić information content (AvgIpc) is 3.20. The maximum atomic E-state index is 12.6. The van der Waals surface area contributed by atoms with E-state index in [1.165, 1.54) is 34.8 Å². The number of benzene rings is 1. The molecule has 1 amide bonds. The average molecular weight is 411 g/mol. The number of hydrogen-bond acceptors (Lipinski definition) is 5. The molecule has 0 aliphatic heterocycles. The molecule has 3 aromatic rings. The van der Waals surface area contributed by atoms with E-state index in [2.05, 4.69) is 15.3 Å². The monoisotopic (exact) mass is 411 g/mol. The van der Waals surface area contributed by atoms with Crippen LogP contribution in [-0.2, 0) is 23.8 Å². The van der Waals surface area contributed by atoms with Gasteiger partial charge in [0.2, 0.25) is 5.91 Å². The summed E-state index contributed by atoms with van der Waals surface area (Å²) < 4.78 is 37.9. The lowest BCUT2D eigenvalue weighted by Crippen LogP contribution is -2.14. The van der Waals surface area contributed by atoms with Gasteiger partial charge in [0.15, 0.2) is 5.13 Å². The fourth-order valence-corrected chi connectivity index (χ4v) is 4.20. The van der Waals surface area contributed by atoms with Crippen molar-refractivity contribution in [3.63, 3.8) is 0 Å². The standard InChI is InChI=1S/C18H16F3N3OS2/c1-3-14-10(2)27-17(23-14)24-15(25)8-13-9-26-16(22-13)11-4-6-12(7-5-11)18(19,20)21/h4-7,9H,3,8H2,1-2H3,(H,23,24,25). The van der Waals surface area contributed by atoms with E-state index in [-0.39, 0.29) is 12.3 Å². The number of aromatic nitrogens is 2. The minimum atomic E-state index is -4.36. The van der Waals surface area contributed by atoms with Crippen LogP contribution >= 0.6 is 22.7 Å². The fourth-order valence-electron chi connectivity index (χ4n) is 2.46. The zero-order chi connectivity index (χ0) is 19.6. The highest BCUT2D eigenvalue weighted by molar-refractivity contribution is 7.15. The largest absolute Gasteiger partial charge is 0.416 e. The Morgan fingerprint density at radius 3 is 2.48 bits per heavy atom. The molecule has 0 aliphatic carbocycles. The van der Waals surface area contributed by atoms with Gasteiger partial charge in [-0.1, -0.05) is 19.1 Å². The summed E-state index contributed by atoms with van der Waals surface area (Å²) in [5.41, 5.74) is 1.42. The molecule has 2 heterocycles. The van der Waals surface area contributed by atoms with Crippen molar-refractivity contribution in [3.05, 3.63) is 51.5 Å². The van der Waals surface area contributed by atoms with Gasteiger partial charge in [-0.05, 0) is 25.5 Å². The number of thiazole rings is 2. The molecule has 27 heavy (non-hydrogen) atoms. The molecule has 4 nitrogen and oxygen atoms in total. The number of aryl methyl sites for hydroxylation is 2. The first kappa shape index (κ1) is 19.5. The lowest BCUT2D eigenvalue weighted by Gasteiger charge is -2.06. The van der Waals surface area contributed by atoms with Gasteiger partial charge >= 0.3 is 6.18 Å². The zero-order valence-electron chi connectivity index (χ0n) is 14.6. The van der Waals surface area contributed by atoms with Gasteiger partial charge in [-0.2, -0.15) is 13.2 Å². The highest BCUT2D eigenvalue weighted by Gasteiger charge is 2.30. The molecule has 3 rings (SSSR count). The summed E-state index contributed by atoms with van der Waals surface area (Å²) in [4.78, 5) is 22.0. The molecule has 0 radical (unpaired) electrons. The number of carbonyl (C=O) groups excluding carboxylic acids is 1. The van der Waals surface area contributed by atoms with Crippen molar-refractivity contribution in [2.24, 2.45) is 0 Å². The molecule has 0 unspecified atom stereocenters. The van der Waals surface area contributed by atoms with Gasteiger partial charge in [0.25, 0.3) is 0 Å². The normalized spacial score (nSPS) is 11.6. The van der Waals surface area contributed by atoms with Crippen molar-refractivity contribution >= 4 is 33.7 Å². The van der Waals surface area contributed by atoms with Crippen LogP contribution in [0.3, 0.4) is 0 Å². The number of nitrogens with zero attached hydrogens (tertiary/aromatic N) is 2. The van der Waals surface area contributed by atoms with E-state index in [0.717, 1.165) is 29.1 Å². The van der Waals surface area contributed by atoms with Crippen molar-refractivity contribution < 1.29 is 18.0 Å². The molecule has 9 heteroatoms. The van der Waals surface area contributed by atoms with Crippen LogP contribution in [0.4, 0.5) is 18.3 Å². The Kier molecular flexibility index (Phi) is 5.61. The van der Waals surface area contributed by atoms with Gasteiger partial charge in [0, 0.05) is 15.8 Å². The number of halogens is 3. The van der Waals surface area contributed by atoms with Crippen molar-refractivity contribution in [3.8, 4) is 10.6 Å². The summed E-state index contributed by atoms with van der Waals surface area (Å²) in [6.07, 6.45) is -3.48. The van der Waals surface area contributed by atoms with Crippen LogP contribution in [0.25, 0.3) is 10.6 Å². The lowest BCUT2D eigenvalue weighted by molar-refractivity contribution is -0.137. The SMILES string of the molecule is CCc1nc(NC(=O)Cc2csc(-c3ccc(C(F)(F)F)cc3)n2)sc1C. The maximum absolute atomic E-state index is 12.6. The van der Waals surface area contributed by atoms with E-state index in [0.29, 0.717) is 21.4 Å². The third kappa shape index (κ3) is 4.72. The minimum absolute atomic E-state index is 0.0806. The van der Waals surface area contributed by atoms with Crippen LogP contribution in [0.15, 0.2) is 29.6 Å². The summed E-state index contributed by atoms with van der Waals surface area (Å²) in [5, 5.41) is 5.64. The molecule has 0 saturated carbocycles. The van der Waals surface area contributed by atoms with Crippen LogP contribution in [0, 0.1) is 6.92 Å². The number of amides is 1. The minimum Gasteiger partial charge on any atom is -0.302 e. The van der Waals surface area contributed by atoms with Gasteiger partial charge in [-0.3, -0.25) is 4.79 Å². The Morgan fingerprint density at radius 1 is 1.19 bits per heavy atom. The predicted octanol–water partition coefficient (Wildman–Crippen LogP) is 5.34. The molecular weight excluding hydrogens is 395 g/mol. The lowest BCUT2D eigenvalue weighted by atomic mass is 10.1. The van der Waals surface area contributed by atoms with Gasteiger partial charge < -0.3 is 5.32 Å². The van der Waals surface area contributed by atoms with E-state index in [4.69, 9.17) is 0 Å². The Bertz CT molecular complexity index is 946. The summed E-state index contributed by atoms with van der Waals surface area (Å²) in [6.45, 7) is 3.97. The topological polar surface area (TPSA) is 54.9 Å². The quantitative estimate of drug-likeness (QED) is 0.617. The summed E-state index contributed by atoms with van der Waals surface area (Å²) in [7, 11) is 0. The Labute approximate surface area is 162 Å². The predicted molar refractivity (Wildman–Crippen MR) is 101 cm³/mol. The second kappa shape index (κ2) is 7.77. The van der Waals surface area contributed by atoms with Gasteiger partial charge in [-0.25, -0.2) is 9.97 Å². The van der Waals surface area contributed by atoms with Crippen LogP contribution < -0.4 is 5.32 Å². The molecule has 2 aromatic heterocycles. The molecule has 0 saturated heterocycles. The summed E-state index contributed by atoms with van der Waals surface area (Å²) in [5.74, 6) is -0.226. The van der Waals surface area contributed by atoms with Gasteiger partial charge in [0.05, 0.1) is 23.4 Å². The van der Waals surface area contributed by atoms with E-state index >= 15 is 0 Å². The molecule has 0 fully saturated rings. The first-order valence-electron chi connectivity index (χ1n) is 8.14. The number of alkyl halides is 3. The van der Waals surface area contributed by atoms with Crippen molar-refractivity contribution in [2.75, 3.05) is 5.32 Å². The third-order valence-corrected chi connectivity index (χ3v) is 5.70. The molecular formula is C18H16F3N3OS2. The number of anilines is 1. The highest BCUT2D eigenvalue weighted by Crippen LogP contribution is 2.32.